The van der Waals surface area contributed by atoms with E-state index in [2.05, 4.69) is 5.10 Å². The van der Waals surface area contributed by atoms with Gasteiger partial charge in [0.15, 0.2) is 0 Å². The molecule has 4 rings (SSSR count). The number of benzene rings is 2. The van der Waals surface area contributed by atoms with Gasteiger partial charge in [0.1, 0.15) is 5.69 Å². The van der Waals surface area contributed by atoms with Crippen molar-refractivity contribution in [1.29, 1.82) is 0 Å². The first-order valence-electron chi connectivity index (χ1n) is 9.43. The Labute approximate surface area is 172 Å². The first-order valence-corrected chi connectivity index (χ1v) is 9.81. The fourth-order valence-corrected chi connectivity index (χ4v) is 3.68. The Bertz CT molecular complexity index is 1060. The zero-order valence-corrected chi connectivity index (χ0v) is 16.4. The summed E-state index contributed by atoms with van der Waals surface area (Å²) in [5.74, 6) is -0.0784. The van der Waals surface area contributed by atoms with E-state index in [4.69, 9.17) is 11.6 Å². The molecule has 2 heterocycles. The normalized spacial score (nSPS) is 14.0. The predicted molar refractivity (Wildman–Crippen MR) is 110 cm³/mol. The molecule has 1 aliphatic heterocycles. The van der Waals surface area contributed by atoms with Gasteiger partial charge < -0.3 is 4.90 Å². The Hall–Kier alpha value is -3.19. The molecular formula is C21H19ClN4O3. The third-order valence-electron chi connectivity index (χ3n) is 5.00. The van der Waals surface area contributed by atoms with Gasteiger partial charge in [-0.1, -0.05) is 17.7 Å². The standard InChI is InChI=1S/C21H19ClN4O3/c22-16-5-4-6-18(13-16)25-20(21(27)24-11-2-1-3-12-24)14-19(23-25)15-7-9-17(10-8-15)26(28)29/h4-10,13-14H,1-3,11-12H2. The number of nitro groups is 1. The summed E-state index contributed by atoms with van der Waals surface area (Å²) in [4.78, 5) is 25.5. The summed E-state index contributed by atoms with van der Waals surface area (Å²) in [7, 11) is 0. The van der Waals surface area contributed by atoms with Crippen molar-refractivity contribution in [2.75, 3.05) is 13.1 Å². The van der Waals surface area contributed by atoms with Crippen LogP contribution >= 0.6 is 11.6 Å². The number of amides is 1. The van der Waals surface area contributed by atoms with Crippen molar-refractivity contribution in [1.82, 2.24) is 14.7 Å². The van der Waals surface area contributed by atoms with Gasteiger partial charge in [-0.05, 0) is 55.7 Å². The Morgan fingerprint density at radius 2 is 1.76 bits per heavy atom. The van der Waals surface area contributed by atoms with Crippen LogP contribution in [0.3, 0.4) is 0 Å². The smallest absolute Gasteiger partial charge is 0.272 e. The van der Waals surface area contributed by atoms with Crippen LogP contribution in [0, 0.1) is 10.1 Å². The molecule has 7 nitrogen and oxygen atoms in total. The molecule has 0 N–H and O–H groups in total. The maximum atomic E-state index is 13.2. The Morgan fingerprint density at radius 3 is 2.41 bits per heavy atom. The van der Waals surface area contributed by atoms with Crippen LogP contribution in [0.25, 0.3) is 16.9 Å². The molecule has 1 amide bonds. The lowest BCUT2D eigenvalue weighted by atomic mass is 10.1. The minimum atomic E-state index is -0.445. The second-order valence-corrected chi connectivity index (χ2v) is 7.40. The number of aromatic nitrogens is 2. The highest BCUT2D eigenvalue weighted by Gasteiger charge is 2.24. The second-order valence-electron chi connectivity index (χ2n) is 6.96. The number of piperidine rings is 1. The molecule has 1 fully saturated rings. The fourth-order valence-electron chi connectivity index (χ4n) is 3.49. The summed E-state index contributed by atoms with van der Waals surface area (Å²) >= 11 is 6.15. The van der Waals surface area contributed by atoms with E-state index in [1.165, 1.54) is 12.1 Å². The molecule has 0 radical (unpaired) electrons. The highest BCUT2D eigenvalue weighted by molar-refractivity contribution is 6.30. The first kappa shape index (κ1) is 19.1. The monoisotopic (exact) mass is 410 g/mol. The molecule has 0 atom stereocenters. The molecule has 148 valence electrons. The summed E-state index contributed by atoms with van der Waals surface area (Å²) < 4.78 is 1.60. The van der Waals surface area contributed by atoms with Crippen molar-refractivity contribution in [3.05, 3.63) is 75.4 Å². The molecule has 1 aromatic heterocycles. The lowest BCUT2D eigenvalue weighted by Crippen LogP contribution is -2.36. The SMILES string of the molecule is O=C(c1cc(-c2ccc([N+](=O)[O-])cc2)nn1-c1cccc(Cl)c1)N1CCCCC1. The van der Waals surface area contributed by atoms with E-state index >= 15 is 0 Å². The largest absolute Gasteiger partial charge is 0.337 e. The zero-order chi connectivity index (χ0) is 20.4. The van der Waals surface area contributed by atoms with Gasteiger partial charge in [-0.15, -0.1) is 0 Å². The van der Waals surface area contributed by atoms with Crippen LogP contribution in [0.2, 0.25) is 5.02 Å². The summed E-state index contributed by atoms with van der Waals surface area (Å²) in [5.41, 5.74) is 2.41. The van der Waals surface area contributed by atoms with Gasteiger partial charge >= 0.3 is 0 Å². The van der Waals surface area contributed by atoms with Crippen molar-refractivity contribution in [3.8, 4) is 16.9 Å². The lowest BCUT2D eigenvalue weighted by Gasteiger charge is -2.26. The topological polar surface area (TPSA) is 81.3 Å². The molecule has 0 saturated carbocycles. The van der Waals surface area contributed by atoms with E-state index < -0.39 is 4.92 Å². The molecule has 0 unspecified atom stereocenters. The number of hydrogen-bond donors (Lipinski definition) is 0. The Morgan fingerprint density at radius 1 is 1.03 bits per heavy atom. The van der Waals surface area contributed by atoms with E-state index in [0.717, 1.165) is 32.4 Å². The van der Waals surface area contributed by atoms with E-state index in [-0.39, 0.29) is 11.6 Å². The third-order valence-corrected chi connectivity index (χ3v) is 5.23. The first-order chi connectivity index (χ1) is 14.0. The van der Waals surface area contributed by atoms with Crippen molar-refractivity contribution < 1.29 is 9.72 Å². The van der Waals surface area contributed by atoms with Crippen LogP contribution in [-0.2, 0) is 0 Å². The summed E-state index contributed by atoms with van der Waals surface area (Å²) in [6.07, 6.45) is 3.11. The predicted octanol–water partition coefficient (Wildman–Crippen LogP) is 4.73. The highest BCUT2D eigenvalue weighted by Crippen LogP contribution is 2.26. The fraction of sp³-hybridized carbons (Fsp3) is 0.238. The third kappa shape index (κ3) is 4.00. The van der Waals surface area contributed by atoms with Gasteiger partial charge in [-0.25, -0.2) is 4.68 Å². The summed E-state index contributed by atoms with van der Waals surface area (Å²) in [6.45, 7) is 1.46. The number of non-ortho nitro benzene ring substituents is 1. The van der Waals surface area contributed by atoms with Crippen LogP contribution in [-0.4, -0.2) is 38.6 Å². The van der Waals surface area contributed by atoms with Crippen LogP contribution in [0.1, 0.15) is 29.8 Å². The lowest BCUT2D eigenvalue weighted by molar-refractivity contribution is -0.384. The van der Waals surface area contributed by atoms with Crippen LogP contribution in [0.5, 0.6) is 0 Å². The number of nitro benzene ring substituents is 1. The molecule has 29 heavy (non-hydrogen) atoms. The summed E-state index contributed by atoms with van der Waals surface area (Å²) in [6, 6.07) is 15.0. The second kappa shape index (κ2) is 8.05. The summed E-state index contributed by atoms with van der Waals surface area (Å²) in [5, 5.41) is 16.1. The molecule has 0 aliphatic carbocycles. The number of rotatable bonds is 4. The molecule has 1 aliphatic rings. The van der Waals surface area contributed by atoms with Crippen LogP contribution in [0.15, 0.2) is 54.6 Å². The van der Waals surface area contributed by atoms with Gasteiger partial charge in [0.25, 0.3) is 11.6 Å². The van der Waals surface area contributed by atoms with E-state index in [1.54, 1.807) is 41.1 Å². The Kier molecular flexibility index (Phi) is 5.31. The molecule has 2 aromatic carbocycles. The quantitative estimate of drug-likeness (QED) is 0.460. The maximum absolute atomic E-state index is 13.2. The number of carbonyl (C=O) groups is 1. The van der Waals surface area contributed by atoms with Crippen molar-refractivity contribution in [2.24, 2.45) is 0 Å². The van der Waals surface area contributed by atoms with Crippen molar-refractivity contribution in [2.45, 2.75) is 19.3 Å². The average molecular weight is 411 g/mol. The molecule has 8 heteroatoms. The minimum absolute atomic E-state index is 0.00707. The maximum Gasteiger partial charge on any atom is 0.272 e. The number of halogens is 1. The van der Waals surface area contributed by atoms with Crippen molar-refractivity contribution >= 4 is 23.2 Å². The number of carbonyl (C=O) groups excluding carboxylic acids is 1. The zero-order valence-electron chi connectivity index (χ0n) is 15.6. The van der Waals surface area contributed by atoms with Gasteiger partial charge in [-0.3, -0.25) is 14.9 Å². The van der Waals surface area contributed by atoms with E-state index in [1.807, 2.05) is 11.0 Å². The molecule has 1 saturated heterocycles. The van der Waals surface area contributed by atoms with Gasteiger partial charge in [0.2, 0.25) is 0 Å². The molecular weight excluding hydrogens is 392 g/mol. The molecule has 0 spiro atoms. The number of hydrogen-bond acceptors (Lipinski definition) is 4. The van der Waals surface area contributed by atoms with Crippen LogP contribution < -0.4 is 0 Å². The molecule has 3 aromatic rings. The van der Waals surface area contributed by atoms with E-state index in [0.29, 0.717) is 27.7 Å². The van der Waals surface area contributed by atoms with E-state index in [9.17, 15) is 14.9 Å². The van der Waals surface area contributed by atoms with Gasteiger partial charge in [-0.2, -0.15) is 5.10 Å². The van der Waals surface area contributed by atoms with Gasteiger partial charge in [0.05, 0.1) is 16.3 Å². The highest BCUT2D eigenvalue weighted by atomic mass is 35.5. The van der Waals surface area contributed by atoms with Crippen molar-refractivity contribution in [3.63, 3.8) is 0 Å². The number of likely N-dealkylation sites (tertiary alicyclic amines) is 1. The van der Waals surface area contributed by atoms with Crippen LogP contribution in [0.4, 0.5) is 5.69 Å². The number of nitrogens with zero attached hydrogens (tertiary/aromatic N) is 4. The van der Waals surface area contributed by atoms with Gasteiger partial charge in [0, 0.05) is 35.8 Å². The average Bonchev–Trinajstić information content (AvgIpc) is 3.19. The minimum Gasteiger partial charge on any atom is -0.337 e. The molecule has 0 bridgehead atoms. The Balaban J connectivity index is 1.77.